The number of ether oxygens (including phenoxy) is 4. The van der Waals surface area contributed by atoms with Crippen molar-refractivity contribution in [2.24, 2.45) is 0 Å². The topological polar surface area (TPSA) is 104 Å². The third kappa shape index (κ3) is 4.97. The second-order valence-electron chi connectivity index (χ2n) is 7.32. The smallest absolute Gasteiger partial charge is 0.336 e. The van der Waals surface area contributed by atoms with Crippen molar-refractivity contribution in [2.75, 3.05) is 14.2 Å². The first-order valence-corrected chi connectivity index (χ1v) is 10.6. The van der Waals surface area contributed by atoms with Gasteiger partial charge >= 0.3 is 5.97 Å². The number of ketones is 1. The minimum Gasteiger partial charge on any atom is -0.507 e. The van der Waals surface area contributed by atoms with Crippen molar-refractivity contribution in [3.63, 3.8) is 0 Å². The molecular weight excluding hydrogens is 462 g/mol. The molecule has 0 bridgehead atoms. The maximum Gasteiger partial charge on any atom is 0.336 e. The van der Waals surface area contributed by atoms with Crippen LogP contribution in [0.25, 0.3) is 6.08 Å². The number of pyridine rings is 1. The van der Waals surface area contributed by atoms with Gasteiger partial charge in [-0.05, 0) is 35.9 Å². The predicted molar refractivity (Wildman–Crippen MR) is 124 cm³/mol. The van der Waals surface area contributed by atoms with Crippen LogP contribution in [0.15, 0.2) is 54.7 Å². The number of hydrogen-bond acceptors (Lipinski definition) is 8. The van der Waals surface area contributed by atoms with E-state index >= 15 is 0 Å². The number of benzene rings is 2. The zero-order valence-corrected chi connectivity index (χ0v) is 19.0. The van der Waals surface area contributed by atoms with Crippen molar-refractivity contribution >= 4 is 29.4 Å². The van der Waals surface area contributed by atoms with E-state index in [2.05, 4.69) is 4.98 Å². The molecule has 8 nitrogen and oxygen atoms in total. The van der Waals surface area contributed by atoms with Crippen molar-refractivity contribution in [1.82, 2.24) is 4.98 Å². The van der Waals surface area contributed by atoms with E-state index in [-0.39, 0.29) is 35.0 Å². The van der Waals surface area contributed by atoms with Crippen molar-refractivity contribution in [3.8, 4) is 28.7 Å². The Kier molecular flexibility index (Phi) is 6.70. The summed E-state index contributed by atoms with van der Waals surface area (Å²) in [5.74, 6) is -0.158. The lowest BCUT2D eigenvalue weighted by atomic mass is 9.95. The fraction of sp³-hybridized carbons (Fsp3) is 0.160. The van der Waals surface area contributed by atoms with Crippen LogP contribution < -0.4 is 18.9 Å². The van der Waals surface area contributed by atoms with Crippen LogP contribution in [0.5, 0.6) is 28.7 Å². The number of nitrogens with zero attached hydrogens (tertiary/aromatic N) is 1. The average Bonchev–Trinajstić information content (AvgIpc) is 2.82. The highest BCUT2D eigenvalue weighted by molar-refractivity contribution is 6.30. The molecule has 0 saturated heterocycles. The number of esters is 1. The van der Waals surface area contributed by atoms with E-state index in [4.69, 9.17) is 30.5 Å². The molecule has 0 unspecified atom stereocenters. The monoisotopic (exact) mass is 481 g/mol. The highest BCUT2D eigenvalue weighted by Crippen LogP contribution is 2.43. The van der Waals surface area contributed by atoms with Gasteiger partial charge < -0.3 is 24.1 Å². The highest BCUT2D eigenvalue weighted by atomic mass is 35.5. The minimum absolute atomic E-state index is 0.0198. The van der Waals surface area contributed by atoms with Gasteiger partial charge in [0.2, 0.25) is 0 Å². The Hall–Kier alpha value is -4.04. The number of Topliss-reactive ketones (excluding diaryl/α,β-unsaturated/α-hetero) is 1. The number of halogens is 1. The zero-order valence-electron chi connectivity index (χ0n) is 18.3. The highest BCUT2D eigenvalue weighted by Gasteiger charge is 2.31. The molecule has 1 aliphatic heterocycles. The Morgan fingerprint density at radius 1 is 1.15 bits per heavy atom. The molecule has 0 saturated carbocycles. The van der Waals surface area contributed by atoms with Gasteiger partial charge in [0.25, 0.3) is 0 Å². The molecule has 4 rings (SSSR count). The Balaban J connectivity index is 1.55. The summed E-state index contributed by atoms with van der Waals surface area (Å²) in [7, 11) is 3.04. The van der Waals surface area contributed by atoms with Crippen LogP contribution in [0.2, 0.25) is 5.02 Å². The predicted octanol–water partition coefficient (Wildman–Crippen LogP) is 4.78. The van der Waals surface area contributed by atoms with Gasteiger partial charge in [0, 0.05) is 24.4 Å². The number of aromatic nitrogens is 1. The van der Waals surface area contributed by atoms with Gasteiger partial charge in [-0.15, -0.1) is 0 Å². The molecule has 1 aromatic heterocycles. The summed E-state index contributed by atoms with van der Waals surface area (Å²) < 4.78 is 21.9. The number of phenolic OH excluding ortho intramolecular Hbond substituents is 1. The molecule has 1 N–H and O–H groups in total. The Morgan fingerprint density at radius 2 is 1.94 bits per heavy atom. The number of rotatable bonds is 6. The average molecular weight is 482 g/mol. The Morgan fingerprint density at radius 3 is 2.65 bits per heavy atom. The number of hydrogen-bond donors (Lipinski definition) is 1. The Labute approximate surface area is 200 Å². The lowest BCUT2D eigenvalue weighted by molar-refractivity contribution is -0.128. The molecule has 34 heavy (non-hydrogen) atoms. The van der Waals surface area contributed by atoms with Crippen LogP contribution >= 0.6 is 11.6 Å². The molecule has 0 amide bonds. The molecule has 0 aliphatic carbocycles. The molecule has 0 spiro atoms. The van der Waals surface area contributed by atoms with Gasteiger partial charge in [-0.3, -0.25) is 9.78 Å². The number of fused-ring (bicyclic) bond motifs is 1. The van der Waals surface area contributed by atoms with Gasteiger partial charge in [0.15, 0.2) is 17.3 Å². The van der Waals surface area contributed by atoms with Crippen LogP contribution in [-0.4, -0.2) is 36.1 Å². The van der Waals surface area contributed by atoms with E-state index in [0.29, 0.717) is 27.8 Å². The van der Waals surface area contributed by atoms with Gasteiger partial charge in [-0.1, -0.05) is 17.7 Å². The van der Waals surface area contributed by atoms with Crippen LogP contribution in [0, 0.1) is 0 Å². The molecular formula is C25H20ClNO7. The molecule has 1 atom stereocenters. The van der Waals surface area contributed by atoms with Crippen molar-refractivity contribution in [1.29, 1.82) is 0 Å². The zero-order chi connectivity index (χ0) is 24.2. The molecule has 0 radical (unpaired) electrons. The third-order valence-corrected chi connectivity index (χ3v) is 5.34. The number of phenols is 1. The summed E-state index contributed by atoms with van der Waals surface area (Å²) in [5.41, 5.74) is 1.25. The minimum atomic E-state index is -0.699. The van der Waals surface area contributed by atoms with Crippen molar-refractivity contribution in [2.45, 2.75) is 12.5 Å². The second kappa shape index (κ2) is 9.84. The molecule has 0 fully saturated rings. The van der Waals surface area contributed by atoms with Gasteiger partial charge in [0.1, 0.15) is 28.9 Å². The van der Waals surface area contributed by atoms with Crippen LogP contribution in [0.4, 0.5) is 0 Å². The van der Waals surface area contributed by atoms with Crippen molar-refractivity contribution in [3.05, 3.63) is 76.6 Å². The fourth-order valence-electron chi connectivity index (χ4n) is 3.50. The number of carbonyl (C=O) groups is 2. The van der Waals surface area contributed by atoms with E-state index < -0.39 is 12.1 Å². The van der Waals surface area contributed by atoms with Crippen LogP contribution in [0.3, 0.4) is 0 Å². The van der Waals surface area contributed by atoms with E-state index in [1.165, 1.54) is 44.7 Å². The normalized spacial score (nSPS) is 14.9. The van der Waals surface area contributed by atoms with E-state index in [9.17, 15) is 14.7 Å². The van der Waals surface area contributed by atoms with E-state index in [0.717, 1.165) is 0 Å². The fourth-order valence-corrected chi connectivity index (χ4v) is 3.61. The first-order chi connectivity index (χ1) is 16.4. The molecule has 3 aromatic rings. The number of carbonyl (C=O) groups excluding carboxylic acids is 2. The Bertz CT molecular complexity index is 1270. The number of methoxy groups -OCH3 is 2. The molecule has 174 valence electrons. The summed E-state index contributed by atoms with van der Waals surface area (Å²) in [6.45, 7) is 0. The standard InChI is InChI=1S/C25H20ClNO7/c1-31-20-7-3-14(9-22(20)32-2)21-12-19(29)25-18(28)10-17(11-23(25)34-21)33-24(30)8-6-16-5-4-15(26)13-27-16/h3-11,13,21,28H,12H2,1-2H3/b8-6+/t21-/m0/s1. The van der Waals surface area contributed by atoms with E-state index in [1.54, 1.807) is 30.3 Å². The summed E-state index contributed by atoms with van der Waals surface area (Å²) >= 11 is 5.79. The lowest BCUT2D eigenvalue weighted by Gasteiger charge is -2.26. The van der Waals surface area contributed by atoms with Crippen LogP contribution in [-0.2, 0) is 4.79 Å². The second-order valence-corrected chi connectivity index (χ2v) is 7.76. The molecule has 2 aromatic carbocycles. The van der Waals surface area contributed by atoms with Gasteiger partial charge in [-0.2, -0.15) is 0 Å². The SMILES string of the molecule is COc1ccc([C@@H]2CC(=O)c3c(O)cc(OC(=O)/C=C/c4ccc(Cl)cn4)cc3O2)cc1OC. The molecule has 9 heteroatoms. The van der Waals surface area contributed by atoms with Gasteiger partial charge in [0.05, 0.1) is 31.4 Å². The first-order valence-electron chi connectivity index (χ1n) is 10.2. The van der Waals surface area contributed by atoms with E-state index in [1.807, 2.05) is 0 Å². The maximum absolute atomic E-state index is 12.8. The summed E-state index contributed by atoms with van der Waals surface area (Å²) in [6.07, 6.45) is 3.50. The molecule has 2 heterocycles. The van der Waals surface area contributed by atoms with Crippen molar-refractivity contribution < 1.29 is 33.6 Å². The van der Waals surface area contributed by atoms with Crippen LogP contribution in [0.1, 0.15) is 34.1 Å². The quantitative estimate of drug-likeness (QED) is 0.304. The lowest BCUT2D eigenvalue weighted by Crippen LogP contribution is -2.21. The summed E-state index contributed by atoms with van der Waals surface area (Å²) in [4.78, 5) is 29.0. The molecule has 1 aliphatic rings. The summed E-state index contributed by atoms with van der Waals surface area (Å²) in [6, 6.07) is 11.1. The summed E-state index contributed by atoms with van der Waals surface area (Å²) in [5, 5.41) is 10.9. The maximum atomic E-state index is 12.8. The first kappa shape index (κ1) is 23.1. The number of aromatic hydroxyl groups is 1. The van der Waals surface area contributed by atoms with Gasteiger partial charge in [-0.25, -0.2) is 4.79 Å². The third-order valence-electron chi connectivity index (χ3n) is 5.11. The largest absolute Gasteiger partial charge is 0.507 e.